The molecular weight excluding hydrogens is 228 g/mol. The molecule has 1 aliphatic rings. The fourth-order valence-corrected chi connectivity index (χ4v) is 1.70. The quantitative estimate of drug-likeness (QED) is 0.325. The first-order valence-corrected chi connectivity index (χ1v) is 6.69. The first-order chi connectivity index (χ1) is 8.74. The summed E-state index contributed by atoms with van der Waals surface area (Å²) in [5.41, 5.74) is 0.802. The predicted molar refractivity (Wildman–Crippen MR) is 73.5 cm³/mol. The summed E-state index contributed by atoms with van der Waals surface area (Å²) in [4.78, 5) is 5.26. The van der Waals surface area contributed by atoms with Crippen LogP contribution in [0.5, 0.6) is 0 Å². The molecule has 0 aliphatic carbocycles. The van der Waals surface area contributed by atoms with Crippen molar-refractivity contribution < 1.29 is 9.57 Å². The Hall–Kier alpha value is -1.05. The van der Waals surface area contributed by atoms with E-state index in [1.807, 2.05) is 0 Å². The molecule has 1 rings (SSSR count). The standard InChI is InChI=1S/C14H24N2O2/c1-4-6-14(12(2)3)16-18-10-8-15-11-13-7-5-9-17-13/h12-13,15H,5,7-11H2,1-3H3/b16-14+/t13-/m0/s1. The second-order valence-corrected chi connectivity index (χ2v) is 4.68. The van der Waals surface area contributed by atoms with Crippen LogP contribution in [-0.4, -0.2) is 38.1 Å². The summed E-state index contributed by atoms with van der Waals surface area (Å²) in [6, 6.07) is 0. The van der Waals surface area contributed by atoms with Crippen LogP contribution in [0.3, 0.4) is 0 Å². The molecule has 0 unspecified atom stereocenters. The molecule has 0 spiro atoms. The van der Waals surface area contributed by atoms with Crippen LogP contribution >= 0.6 is 0 Å². The fourth-order valence-electron chi connectivity index (χ4n) is 1.70. The van der Waals surface area contributed by atoms with Crippen LogP contribution in [0.25, 0.3) is 0 Å². The zero-order valence-corrected chi connectivity index (χ0v) is 11.7. The molecule has 0 aromatic carbocycles. The molecule has 1 atom stereocenters. The highest BCUT2D eigenvalue weighted by Crippen LogP contribution is 2.10. The first kappa shape index (κ1) is 15.0. The van der Waals surface area contributed by atoms with Crippen LogP contribution in [-0.2, 0) is 9.57 Å². The minimum Gasteiger partial charge on any atom is -0.394 e. The van der Waals surface area contributed by atoms with E-state index in [9.17, 15) is 0 Å². The number of rotatable bonds is 7. The Bertz CT molecular complexity index is 309. The summed E-state index contributed by atoms with van der Waals surface area (Å²) >= 11 is 0. The molecule has 4 nitrogen and oxygen atoms in total. The van der Waals surface area contributed by atoms with Crippen molar-refractivity contribution in [2.24, 2.45) is 11.1 Å². The number of nitrogens with one attached hydrogen (secondary N) is 1. The van der Waals surface area contributed by atoms with E-state index >= 15 is 0 Å². The maximum atomic E-state index is 5.51. The van der Waals surface area contributed by atoms with Crippen molar-refractivity contribution in [3.8, 4) is 11.8 Å². The predicted octanol–water partition coefficient (Wildman–Crippen LogP) is 1.81. The van der Waals surface area contributed by atoms with E-state index in [0.29, 0.717) is 18.6 Å². The van der Waals surface area contributed by atoms with Gasteiger partial charge in [0.2, 0.25) is 0 Å². The lowest BCUT2D eigenvalue weighted by Gasteiger charge is -2.10. The van der Waals surface area contributed by atoms with Gasteiger partial charge in [0.15, 0.2) is 0 Å². The molecular formula is C14H24N2O2. The molecule has 1 fully saturated rings. The van der Waals surface area contributed by atoms with Crippen LogP contribution in [0.15, 0.2) is 5.16 Å². The van der Waals surface area contributed by atoms with Gasteiger partial charge in [0, 0.05) is 25.6 Å². The van der Waals surface area contributed by atoms with Crippen molar-refractivity contribution >= 4 is 5.71 Å². The summed E-state index contributed by atoms with van der Waals surface area (Å²) in [5.74, 6) is 6.10. The lowest BCUT2D eigenvalue weighted by atomic mass is 10.1. The smallest absolute Gasteiger partial charge is 0.132 e. The number of oxime groups is 1. The molecule has 1 N–H and O–H groups in total. The van der Waals surface area contributed by atoms with Crippen LogP contribution in [0.2, 0.25) is 0 Å². The van der Waals surface area contributed by atoms with E-state index in [4.69, 9.17) is 9.57 Å². The highest BCUT2D eigenvalue weighted by atomic mass is 16.6. The monoisotopic (exact) mass is 252 g/mol. The van der Waals surface area contributed by atoms with Crippen molar-refractivity contribution in [2.75, 3.05) is 26.3 Å². The molecule has 0 bridgehead atoms. The topological polar surface area (TPSA) is 42.8 Å². The average molecular weight is 252 g/mol. The van der Waals surface area contributed by atoms with Crippen molar-refractivity contribution in [3.63, 3.8) is 0 Å². The summed E-state index contributed by atoms with van der Waals surface area (Å²) in [5, 5.41) is 7.36. The van der Waals surface area contributed by atoms with Gasteiger partial charge in [-0.05, 0) is 25.7 Å². The Kier molecular flexibility index (Phi) is 7.47. The Morgan fingerprint density at radius 2 is 2.39 bits per heavy atom. The van der Waals surface area contributed by atoms with Crippen LogP contribution in [0.4, 0.5) is 0 Å². The molecule has 0 radical (unpaired) electrons. The molecule has 0 amide bonds. The van der Waals surface area contributed by atoms with Gasteiger partial charge in [0.25, 0.3) is 0 Å². The third kappa shape index (κ3) is 6.04. The van der Waals surface area contributed by atoms with Gasteiger partial charge >= 0.3 is 0 Å². The maximum Gasteiger partial charge on any atom is 0.132 e. The third-order valence-corrected chi connectivity index (χ3v) is 2.73. The third-order valence-electron chi connectivity index (χ3n) is 2.73. The van der Waals surface area contributed by atoms with Gasteiger partial charge in [-0.25, -0.2) is 0 Å². The van der Waals surface area contributed by atoms with Gasteiger partial charge in [-0.1, -0.05) is 24.9 Å². The zero-order valence-electron chi connectivity index (χ0n) is 11.7. The Balaban J connectivity index is 2.08. The second kappa shape index (κ2) is 8.96. The molecule has 1 aliphatic heterocycles. The molecule has 0 aromatic rings. The van der Waals surface area contributed by atoms with E-state index in [-0.39, 0.29) is 0 Å². The average Bonchev–Trinajstić information content (AvgIpc) is 2.84. The lowest BCUT2D eigenvalue weighted by molar-refractivity contribution is 0.103. The summed E-state index contributed by atoms with van der Waals surface area (Å²) < 4.78 is 5.51. The van der Waals surface area contributed by atoms with Gasteiger partial charge < -0.3 is 14.9 Å². The Labute approximate surface area is 110 Å². The Morgan fingerprint density at radius 3 is 3.00 bits per heavy atom. The molecule has 1 saturated heterocycles. The van der Waals surface area contributed by atoms with Crippen LogP contribution in [0, 0.1) is 17.8 Å². The highest BCUT2D eigenvalue weighted by molar-refractivity contribution is 6.01. The molecule has 102 valence electrons. The van der Waals surface area contributed by atoms with E-state index in [1.54, 1.807) is 6.92 Å². The van der Waals surface area contributed by atoms with Gasteiger partial charge in [-0.3, -0.25) is 0 Å². The van der Waals surface area contributed by atoms with Gasteiger partial charge in [-0.2, -0.15) is 0 Å². The van der Waals surface area contributed by atoms with Crippen molar-refractivity contribution in [1.82, 2.24) is 5.32 Å². The van der Waals surface area contributed by atoms with E-state index in [2.05, 4.69) is 36.2 Å². The minimum absolute atomic E-state index is 0.303. The van der Waals surface area contributed by atoms with E-state index < -0.39 is 0 Å². The SMILES string of the molecule is CC#C/C(=N\OCCNC[C@@H]1CCCO1)C(C)C. The Morgan fingerprint density at radius 1 is 1.56 bits per heavy atom. The largest absolute Gasteiger partial charge is 0.394 e. The van der Waals surface area contributed by atoms with E-state index in [1.165, 1.54) is 6.42 Å². The van der Waals surface area contributed by atoms with Crippen LogP contribution < -0.4 is 5.32 Å². The van der Waals surface area contributed by atoms with Crippen molar-refractivity contribution in [2.45, 2.75) is 39.7 Å². The summed E-state index contributed by atoms with van der Waals surface area (Å²) in [7, 11) is 0. The summed E-state index contributed by atoms with van der Waals surface area (Å²) in [6.07, 6.45) is 2.72. The number of hydrogen-bond donors (Lipinski definition) is 1. The molecule has 0 saturated carbocycles. The van der Waals surface area contributed by atoms with E-state index in [0.717, 1.165) is 31.8 Å². The number of ether oxygens (including phenoxy) is 1. The minimum atomic E-state index is 0.303. The van der Waals surface area contributed by atoms with Crippen molar-refractivity contribution in [3.05, 3.63) is 0 Å². The fraction of sp³-hybridized carbons (Fsp3) is 0.786. The number of nitrogens with zero attached hydrogens (tertiary/aromatic N) is 1. The van der Waals surface area contributed by atoms with Crippen LogP contribution in [0.1, 0.15) is 33.6 Å². The molecule has 0 aromatic heterocycles. The van der Waals surface area contributed by atoms with Gasteiger partial charge in [-0.15, -0.1) is 0 Å². The summed E-state index contributed by atoms with van der Waals surface area (Å²) in [6.45, 7) is 9.08. The second-order valence-electron chi connectivity index (χ2n) is 4.68. The lowest BCUT2D eigenvalue weighted by Crippen LogP contribution is -2.28. The van der Waals surface area contributed by atoms with Crippen molar-refractivity contribution in [1.29, 1.82) is 0 Å². The zero-order chi connectivity index (χ0) is 13.2. The highest BCUT2D eigenvalue weighted by Gasteiger charge is 2.14. The maximum absolute atomic E-state index is 5.51. The molecule has 18 heavy (non-hydrogen) atoms. The molecule has 4 heteroatoms. The van der Waals surface area contributed by atoms with Gasteiger partial charge in [0.05, 0.1) is 6.10 Å². The molecule has 1 heterocycles. The number of hydrogen-bond acceptors (Lipinski definition) is 4. The first-order valence-electron chi connectivity index (χ1n) is 6.69. The van der Waals surface area contributed by atoms with Gasteiger partial charge in [0.1, 0.15) is 12.3 Å². The normalized spacial score (nSPS) is 19.8.